The van der Waals surface area contributed by atoms with Crippen LogP contribution in [0.4, 0.5) is 0 Å². The van der Waals surface area contributed by atoms with Gasteiger partial charge >= 0.3 is 5.97 Å². The van der Waals surface area contributed by atoms with Gasteiger partial charge in [-0.05, 0) is 33.6 Å². The molecule has 120 valence electrons. The predicted octanol–water partition coefficient (Wildman–Crippen LogP) is 2.38. The lowest BCUT2D eigenvalue weighted by atomic mass is 10.1. The lowest BCUT2D eigenvalue weighted by Gasteiger charge is -2.28. The van der Waals surface area contributed by atoms with Gasteiger partial charge in [0.05, 0.1) is 0 Å². The Bertz CT molecular complexity index is 416. The van der Waals surface area contributed by atoms with E-state index >= 15 is 0 Å². The third-order valence-corrected chi connectivity index (χ3v) is 3.98. The van der Waals surface area contributed by atoms with E-state index in [9.17, 15) is 14.4 Å². The van der Waals surface area contributed by atoms with Gasteiger partial charge in [-0.3, -0.25) is 9.59 Å². The topological polar surface area (TPSA) is 63.7 Å². The molecule has 1 heterocycles. The summed E-state index contributed by atoms with van der Waals surface area (Å²) in [6.07, 6.45) is 1.72. The number of thioether (sulfide) groups is 1. The first-order valence-corrected chi connectivity index (χ1v) is 8.17. The van der Waals surface area contributed by atoms with Crippen molar-refractivity contribution in [2.24, 2.45) is 0 Å². The molecule has 1 amide bonds. The van der Waals surface area contributed by atoms with Crippen LogP contribution in [0.3, 0.4) is 0 Å². The first-order chi connectivity index (χ1) is 9.60. The van der Waals surface area contributed by atoms with Gasteiger partial charge in [0.25, 0.3) is 0 Å². The quantitative estimate of drug-likeness (QED) is 0.745. The van der Waals surface area contributed by atoms with Gasteiger partial charge in [0.15, 0.2) is 5.12 Å². The van der Waals surface area contributed by atoms with Gasteiger partial charge in [0.1, 0.15) is 11.6 Å². The standard InChI is InChI=1S/C15H25NO4S/c1-10(21-11(2)17)9-13(18)16-8-6-7-12(16)14(19)20-15(3,4)5/h10,12H,6-9H2,1-5H3/t10?,12-/m0/s1. The molecule has 0 bridgehead atoms. The second-order valence-corrected chi connectivity index (χ2v) is 8.02. The second kappa shape index (κ2) is 7.29. The van der Waals surface area contributed by atoms with Crippen molar-refractivity contribution >= 4 is 28.8 Å². The summed E-state index contributed by atoms with van der Waals surface area (Å²) in [7, 11) is 0. The molecule has 1 unspecified atom stereocenters. The number of rotatable bonds is 4. The van der Waals surface area contributed by atoms with Crippen molar-refractivity contribution in [3.63, 3.8) is 0 Å². The molecule has 0 aromatic rings. The maximum Gasteiger partial charge on any atom is 0.329 e. The molecule has 0 spiro atoms. The van der Waals surface area contributed by atoms with Gasteiger partial charge in [-0.15, -0.1) is 0 Å². The van der Waals surface area contributed by atoms with Crippen molar-refractivity contribution in [1.29, 1.82) is 0 Å². The van der Waals surface area contributed by atoms with Crippen LogP contribution in [0.5, 0.6) is 0 Å². The Morgan fingerprint density at radius 1 is 1.33 bits per heavy atom. The number of esters is 1. The Hall–Kier alpha value is -1.04. The zero-order valence-corrected chi connectivity index (χ0v) is 14.3. The lowest BCUT2D eigenvalue weighted by molar-refractivity contribution is -0.163. The van der Waals surface area contributed by atoms with Crippen molar-refractivity contribution < 1.29 is 19.1 Å². The number of carbonyl (C=O) groups excluding carboxylic acids is 3. The van der Waals surface area contributed by atoms with E-state index in [2.05, 4.69) is 0 Å². The minimum atomic E-state index is -0.549. The highest BCUT2D eigenvalue weighted by Gasteiger charge is 2.37. The molecule has 1 rings (SSSR count). The molecule has 1 aliphatic rings. The summed E-state index contributed by atoms with van der Waals surface area (Å²) < 4.78 is 5.38. The molecule has 21 heavy (non-hydrogen) atoms. The highest BCUT2D eigenvalue weighted by molar-refractivity contribution is 8.14. The molecule has 0 aromatic heterocycles. The Balaban J connectivity index is 2.62. The van der Waals surface area contributed by atoms with Crippen molar-refractivity contribution in [3.05, 3.63) is 0 Å². The molecular formula is C15H25NO4S. The molecule has 0 saturated carbocycles. The molecule has 6 heteroatoms. The molecule has 2 atom stereocenters. The third-order valence-electron chi connectivity index (χ3n) is 3.08. The number of ether oxygens (including phenoxy) is 1. The van der Waals surface area contributed by atoms with E-state index in [0.717, 1.165) is 18.2 Å². The van der Waals surface area contributed by atoms with Gasteiger partial charge in [-0.2, -0.15) is 0 Å². The summed E-state index contributed by atoms with van der Waals surface area (Å²) in [5, 5.41) is -0.0738. The molecule has 0 radical (unpaired) electrons. The van der Waals surface area contributed by atoms with Gasteiger partial charge in [-0.25, -0.2) is 4.79 Å². The second-order valence-electron chi connectivity index (χ2n) is 6.40. The van der Waals surface area contributed by atoms with Crippen molar-refractivity contribution in [3.8, 4) is 0 Å². The summed E-state index contributed by atoms with van der Waals surface area (Å²) in [5.74, 6) is -0.412. The zero-order chi connectivity index (χ0) is 16.2. The van der Waals surface area contributed by atoms with Crippen LogP contribution in [-0.4, -0.2) is 45.3 Å². The van der Waals surface area contributed by atoms with Crippen molar-refractivity contribution in [1.82, 2.24) is 4.90 Å². The number of amides is 1. The van der Waals surface area contributed by atoms with Crippen LogP contribution in [0.25, 0.3) is 0 Å². The van der Waals surface area contributed by atoms with E-state index < -0.39 is 11.6 Å². The highest BCUT2D eigenvalue weighted by atomic mass is 32.2. The summed E-state index contributed by atoms with van der Waals surface area (Å²) in [5.41, 5.74) is -0.549. The highest BCUT2D eigenvalue weighted by Crippen LogP contribution is 2.24. The fourth-order valence-corrected chi connectivity index (χ4v) is 3.16. The van der Waals surface area contributed by atoms with Gasteiger partial charge in [0, 0.05) is 25.1 Å². The summed E-state index contributed by atoms with van der Waals surface area (Å²) >= 11 is 1.16. The smallest absolute Gasteiger partial charge is 0.329 e. The molecule has 0 aliphatic carbocycles. The minimum Gasteiger partial charge on any atom is -0.458 e. The third kappa shape index (κ3) is 6.08. The van der Waals surface area contributed by atoms with E-state index in [-0.39, 0.29) is 28.7 Å². The molecule has 5 nitrogen and oxygen atoms in total. The maximum atomic E-state index is 12.3. The monoisotopic (exact) mass is 315 g/mol. The average molecular weight is 315 g/mol. The molecule has 1 aliphatic heterocycles. The Labute approximate surface area is 130 Å². The van der Waals surface area contributed by atoms with Crippen LogP contribution >= 0.6 is 11.8 Å². The Kier molecular flexibility index (Phi) is 6.25. The fraction of sp³-hybridized carbons (Fsp3) is 0.800. The number of likely N-dealkylation sites (tertiary alicyclic amines) is 1. The van der Waals surface area contributed by atoms with Crippen LogP contribution in [-0.2, 0) is 19.1 Å². The van der Waals surface area contributed by atoms with Crippen molar-refractivity contribution in [2.45, 2.75) is 70.8 Å². The lowest BCUT2D eigenvalue weighted by Crippen LogP contribution is -2.44. The number of hydrogen-bond acceptors (Lipinski definition) is 5. The van der Waals surface area contributed by atoms with Crippen molar-refractivity contribution in [2.75, 3.05) is 6.54 Å². The molecule has 0 N–H and O–H groups in total. The van der Waals surface area contributed by atoms with Crippen LogP contribution in [0, 0.1) is 0 Å². The number of nitrogens with zero attached hydrogens (tertiary/aromatic N) is 1. The zero-order valence-electron chi connectivity index (χ0n) is 13.5. The Morgan fingerprint density at radius 3 is 2.48 bits per heavy atom. The normalized spacial score (nSPS) is 20.2. The van der Waals surface area contributed by atoms with Crippen LogP contribution in [0.15, 0.2) is 0 Å². The van der Waals surface area contributed by atoms with Gasteiger partial charge in [0.2, 0.25) is 5.91 Å². The average Bonchev–Trinajstić information content (AvgIpc) is 2.73. The minimum absolute atomic E-state index is 0.000384. The molecule has 1 saturated heterocycles. The van der Waals surface area contributed by atoms with Crippen LogP contribution < -0.4 is 0 Å². The first kappa shape index (κ1) is 18.0. The molecule has 1 fully saturated rings. The van der Waals surface area contributed by atoms with E-state index in [0.29, 0.717) is 13.0 Å². The van der Waals surface area contributed by atoms with E-state index in [1.807, 2.05) is 27.7 Å². The van der Waals surface area contributed by atoms with Crippen LogP contribution in [0.1, 0.15) is 53.9 Å². The first-order valence-electron chi connectivity index (χ1n) is 7.29. The SMILES string of the molecule is CC(=O)SC(C)CC(=O)N1CCC[C@H]1C(=O)OC(C)(C)C. The van der Waals surface area contributed by atoms with E-state index in [4.69, 9.17) is 4.74 Å². The molecular weight excluding hydrogens is 290 g/mol. The Morgan fingerprint density at radius 2 is 1.95 bits per heavy atom. The van der Waals surface area contributed by atoms with E-state index in [1.54, 1.807) is 4.90 Å². The predicted molar refractivity (Wildman–Crippen MR) is 82.9 cm³/mol. The molecule has 0 aromatic carbocycles. The summed E-state index contributed by atoms with van der Waals surface area (Å²) in [6, 6.07) is -0.480. The summed E-state index contributed by atoms with van der Waals surface area (Å²) in [4.78, 5) is 37.1. The largest absolute Gasteiger partial charge is 0.458 e. The maximum absolute atomic E-state index is 12.3. The number of hydrogen-bond donors (Lipinski definition) is 0. The van der Waals surface area contributed by atoms with Gasteiger partial charge < -0.3 is 9.64 Å². The van der Waals surface area contributed by atoms with Crippen LogP contribution in [0.2, 0.25) is 0 Å². The summed E-state index contributed by atoms with van der Waals surface area (Å²) in [6.45, 7) is 9.38. The number of carbonyl (C=O) groups is 3. The van der Waals surface area contributed by atoms with E-state index in [1.165, 1.54) is 6.92 Å². The van der Waals surface area contributed by atoms with Gasteiger partial charge in [-0.1, -0.05) is 18.7 Å². The fourth-order valence-electron chi connectivity index (χ4n) is 2.37.